The normalized spacial score (nSPS) is 25.5. The van der Waals surface area contributed by atoms with Crippen molar-refractivity contribution in [1.29, 1.82) is 0 Å². The lowest BCUT2D eigenvalue weighted by Gasteiger charge is -2.36. The van der Waals surface area contributed by atoms with E-state index in [4.69, 9.17) is 14.6 Å². The second kappa shape index (κ2) is 18.3. The van der Waals surface area contributed by atoms with Crippen molar-refractivity contribution in [2.24, 2.45) is 0 Å². The SMILES string of the molecule is CCCCCCCCCCCCCCCC(O)CCOC1CC(O)C(O)C(CO)O1. The van der Waals surface area contributed by atoms with Crippen molar-refractivity contribution < 1.29 is 29.9 Å². The molecule has 5 unspecified atom stereocenters. The highest BCUT2D eigenvalue weighted by Gasteiger charge is 2.36. The van der Waals surface area contributed by atoms with Crippen LogP contribution in [0.4, 0.5) is 0 Å². The molecule has 1 fully saturated rings. The van der Waals surface area contributed by atoms with Gasteiger partial charge in [-0.3, -0.25) is 0 Å². The Labute approximate surface area is 184 Å². The molecule has 0 bridgehead atoms. The first-order valence-electron chi connectivity index (χ1n) is 12.5. The van der Waals surface area contributed by atoms with Crippen LogP contribution in [0.15, 0.2) is 0 Å². The number of ether oxygens (including phenoxy) is 2. The minimum Gasteiger partial charge on any atom is -0.394 e. The van der Waals surface area contributed by atoms with Crippen molar-refractivity contribution in [3.63, 3.8) is 0 Å². The van der Waals surface area contributed by atoms with E-state index in [0.717, 1.165) is 12.8 Å². The van der Waals surface area contributed by atoms with Gasteiger partial charge in [-0.1, -0.05) is 90.4 Å². The Kier molecular flexibility index (Phi) is 17.0. The van der Waals surface area contributed by atoms with Crippen molar-refractivity contribution >= 4 is 0 Å². The van der Waals surface area contributed by atoms with E-state index in [1.54, 1.807) is 0 Å². The molecule has 0 spiro atoms. The van der Waals surface area contributed by atoms with Crippen LogP contribution < -0.4 is 0 Å². The molecule has 1 rings (SSSR count). The molecule has 1 saturated heterocycles. The molecule has 0 aromatic rings. The third-order valence-corrected chi connectivity index (χ3v) is 6.11. The zero-order valence-corrected chi connectivity index (χ0v) is 19.2. The van der Waals surface area contributed by atoms with E-state index in [-0.39, 0.29) is 19.1 Å². The Morgan fingerprint density at radius 2 is 1.37 bits per heavy atom. The van der Waals surface area contributed by atoms with Gasteiger partial charge in [-0.2, -0.15) is 0 Å². The Morgan fingerprint density at radius 1 is 0.833 bits per heavy atom. The number of aliphatic hydroxyl groups is 4. The first kappa shape index (κ1) is 27.8. The summed E-state index contributed by atoms with van der Waals surface area (Å²) >= 11 is 0. The largest absolute Gasteiger partial charge is 0.394 e. The average Bonchev–Trinajstić information content (AvgIpc) is 2.73. The summed E-state index contributed by atoms with van der Waals surface area (Å²) in [6, 6.07) is 0. The van der Waals surface area contributed by atoms with Crippen LogP contribution in [-0.4, -0.2) is 64.3 Å². The molecule has 0 saturated carbocycles. The molecular weight excluding hydrogens is 384 g/mol. The third-order valence-electron chi connectivity index (χ3n) is 6.11. The second-order valence-corrected chi connectivity index (χ2v) is 8.92. The fraction of sp³-hybridized carbons (Fsp3) is 1.00. The van der Waals surface area contributed by atoms with Gasteiger partial charge in [-0.05, 0) is 12.8 Å². The number of hydrogen-bond donors (Lipinski definition) is 4. The predicted molar refractivity (Wildman–Crippen MR) is 119 cm³/mol. The Balaban J connectivity index is 1.88. The van der Waals surface area contributed by atoms with Crippen LogP contribution in [0, 0.1) is 0 Å². The zero-order chi connectivity index (χ0) is 22.0. The molecule has 6 heteroatoms. The molecule has 180 valence electrons. The minimum atomic E-state index is -1.09. The number of hydrogen-bond acceptors (Lipinski definition) is 6. The first-order valence-corrected chi connectivity index (χ1v) is 12.5. The van der Waals surface area contributed by atoms with Gasteiger partial charge in [0.1, 0.15) is 12.2 Å². The predicted octanol–water partition coefficient (Wildman–Crippen LogP) is 4.06. The van der Waals surface area contributed by atoms with E-state index >= 15 is 0 Å². The summed E-state index contributed by atoms with van der Waals surface area (Å²) < 4.78 is 11.0. The van der Waals surface area contributed by atoms with Crippen LogP contribution in [-0.2, 0) is 9.47 Å². The first-order chi connectivity index (χ1) is 14.6. The van der Waals surface area contributed by atoms with E-state index in [1.807, 2.05) is 0 Å². The number of rotatable bonds is 19. The molecule has 0 amide bonds. The van der Waals surface area contributed by atoms with Crippen LogP contribution in [0.5, 0.6) is 0 Å². The maximum absolute atomic E-state index is 10.1. The van der Waals surface area contributed by atoms with Gasteiger partial charge in [-0.15, -0.1) is 0 Å². The third kappa shape index (κ3) is 13.2. The monoisotopic (exact) mass is 432 g/mol. The zero-order valence-electron chi connectivity index (χ0n) is 19.2. The molecule has 0 aliphatic carbocycles. The highest BCUT2D eigenvalue weighted by molar-refractivity contribution is 4.82. The van der Waals surface area contributed by atoms with Gasteiger partial charge in [-0.25, -0.2) is 0 Å². The lowest BCUT2D eigenvalue weighted by Crippen LogP contribution is -2.50. The van der Waals surface area contributed by atoms with Gasteiger partial charge in [0.25, 0.3) is 0 Å². The van der Waals surface area contributed by atoms with Crippen molar-refractivity contribution in [2.75, 3.05) is 13.2 Å². The van der Waals surface area contributed by atoms with Gasteiger partial charge in [0.05, 0.1) is 25.4 Å². The van der Waals surface area contributed by atoms with E-state index in [9.17, 15) is 15.3 Å². The maximum Gasteiger partial charge on any atom is 0.160 e. The van der Waals surface area contributed by atoms with Crippen LogP contribution in [0.25, 0.3) is 0 Å². The van der Waals surface area contributed by atoms with Gasteiger partial charge >= 0.3 is 0 Å². The molecule has 4 N–H and O–H groups in total. The highest BCUT2D eigenvalue weighted by atomic mass is 16.7. The Morgan fingerprint density at radius 3 is 1.90 bits per heavy atom. The van der Waals surface area contributed by atoms with E-state index < -0.39 is 24.6 Å². The molecule has 1 aliphatic heterocycles. The van der Waals surface area contributed by atoms with Crippen molar-refractivity contribution in [2.45, 2.75) is 140 Å². The van der Waals surface area contributed by atoms with Crippen LogP contribution >= 0.6 is 0 Å². The van der Waals surface area contributed by atoms with E-state index in [0.29, 0.717) is 13.0 Å². The standard InChI is InChI=1S/C24H48O6/c1-2-3-4-5-6-7-8-9-10-11-12-13-14-15-20(26)16-17-29-23-18-21(27)24(28)22(19-25)30-23/h20-28H,2-19H2,1H3. The quantitative estimate of drug-likeness (QED) is 0.230. The van der Waals surface area contributed by atoms with Crippen LogP contribution in [0.3, 0.4) is 0 Å². The van der Waals surface area contributed by atoms with Gasteiger partial charge in [0, 0.05) is 6.42 Å². The number of unbranched alkanes of at least 4 members (excludes halogenated alkanes) is 12. The fourth-order valence-corrected chi connectivity index (χ4v) is 4.05. The Bertz CT molecular complexity index is 381. The summed E-state index contributed by atoms with van der Waals surface area (Å²) in [5, 5.41) is 38.7. The molecule has 30 heavy (non-hydrogen) atoms. The van der Waals surface area contributed by atoms with E-state index in [1.165, 1.54) is 77.0 Å². The topological polar surface area (TPSA) is 99.4 Å². The van der Waals surface area contributed by atoms with Crippen molar-refractivity contribution in [3.05, 3.63) is 0 Å². The van der Waals surface area contributed by atoms with Gasteiger partial charge < -0.3 is 29.9 Å². The summed E-state index contributed by atoms with van der Waals surface area (Å²) in [4.78, 5) is 0. The fourth-order valence-electron chi connectivity index (χ4n) is 4.05. The molecule has 5 atom stereocenters. The van der Waals surface area contributed by atoms with Crippen LogP contribution in [0.1, 0.15) is 110 Å². The lowest BCUT2D eigenvalue weighted by molar-refractivity contribution is -0.257. The highest BCUT2D eigenvalue weighted by Crippen LogP contribution is 2.21. The smallest absolute Gasteiger partial charge is 0.160 e. The molecule has 1 aliphatic rings. The average molecular weight is 433 g/mol. The molecule has 0 radical (unpaired) electrons. The summed E-state index contributed by atoms with van der Waals surface area (Å²) in [5.41, 5.74) is 0. The summed E-state index contributed by atoms with van der Waals surface area (Å²) in [6.07, 6.45) is 14.7. The van der Waals surface area contributed by atoms with Gasteiger partial charge in [0.2, 0.25) is 0 Å². The maximum atomic E-state index is 10.1. The Hall–Kier alpha value is -0.240. The second-order valence-electron chi connectivity index (χ2n) is 8.92. The van der Waals surface area contributed by atoms with Gasteiger partial charge in [0.15, 0.2) is 6.29 Å². The summed E-state index contributed by atoms with van der Waals surface area (Å²) in [7, 11) is 0. The molecule has 6 nitrogen and oxygen atoms in total. The molecule has 1 heterocycles. The summed E-state index contributed by atoms with van der Waals surface area (Å²) in [6.45, 7) is 2.24. The number of aliphatic hydroxyl groups excluding tert-OH is 4. The van der Waals surface area contributed by atoms with Crippen molar-refractivity contribution in [1.82, 2.24) is 0 Å². The van der Waals surface area contributed by atoms with Crippen molar-refractivity contribution in [3.8, 4) is 0 Å². The summed E-state index contributed by atoms with van der Waals surface area (Å²) in [5.74, 6) is 0. The molecule has 0 aromatic carbocycles. The molecular formula is C24H48O6. The van der Waals surface area contributed by atoms with E-state index in [2.05, 4.69) is 6.92 Å². The van der Waals surface area contributed by atoms with Crippen LogP contribution in [0.2, 0.25) is 0 Å². The molecule has 0 aromatic heterocycles. The minimum absolute atomic E-state index is 0.173. The lowest BCUT2D eigenvalue weighted by atomic mass is 10.0.